The molecule has 0 aromatic heterocycles. The molecule has 6 heteroatoms. The first kappa shape index (κ1) is 19.8. The van der Waals surface area contributed by atoms with Crippen LogP contribution in [0.3, 0.4) is 0 Å². The Morgan fingerprint density at radius 2 is 1.93 bits per heavy atom. The molecule has 0 radical (unpaired) electrons. The molecule has 4 aliphatic rings. The minimum Gasteiger partial charge on any atom is -0.390 e. The van der Waals surface area contributed by atoms with E-state index in [1.807, 2.05) is 39.8 Å². The molecule has 0 aromatic rings. The van der Waals surface area contributed by atoms with Crippen LogP contribution >= 0.6 is 0 Å². The Hall–Kier alpha value is -1.50. The van der Waals surface area contributed by atoms with Gasteiger partial charge in [-0.1, -0.05) is 32.6 Å². The molecule has 28 heavy (non-hydrogen) atoms. The third kappa shape index (κ3) is 2.37. The van der Waals surface area contributed by atoms with Crippen molar-refractivity contribution in [3.63, 3.8) is 0 Å². The van der Waals surface area contributed by atoms with Crippen molar-refractivity contribution in [1.29, 1.82) is 0 Å². The van der Waals surface area contributed by atoms with Gasteiger partial charge in [-0.15, -0.1) is 0 Å². The summed E-state index contributed by atoms with van der Waals surface area (Å²) in [5.41, 5.74) is -1.50. The van der Waals surface area contributed by atoms with Crippen molar-refractivity contribution in [2.75, 3.05) is 0 Å². The second-order valence-electron chi connectivity index (χ2n) is 9.50. The lowest BCUT2D eigenvalue weighted by Gasteiger charge is -2.49. The molecule has 10 unspecified atom stereocenters. The van der Waals surface area contributed by atoms with Gasteiger partial charge in [0.25, 0.3) is 0 Å². The highest BCUT2D eigenvalue weighted by atomic mass is 16.6. The molecule has 0 bridgehead atoms. The normalized spacial score (nSPS) is 53.6. The third-order valence-electron chi connectivity index (χ3n) is 7.93. The van der Waals surface area contributed by atoms with Crippen molar-refractivity contribution < 1.29 is 24.5 Å². The van der Waals surface area contributed by atoms with Crippen molar-refractivity contribution in [2.24, 2.45) is 29.1 Å². The van der Waals surface area contributed by atoms with E-state index in [-0.39, 0.29) is 48.0 Å². The highest BCUT2D eigenvalue weighted by Crippen LogP contribution is 2.57. The maximum Gasteiger partial charge on any atom is 0.235 e. The Morgan fingerprint density at radius 1 is 1.25 bits per heavy atom. The summed E-state index contributed by atoms with van der Waals surface area (Å²) in [4.78, 5) is 26.9. The van der Waals surface area contributed by atoms with Gasteiger partial charge in [-0.2, -0.15) is 0 Å². The number of carbonyl (C=O) groups excluding carboxylic acids is 2. The van der Waals surface area contributed by atoms with Crippen LogP contribution in [0.25, 0.3) is 0 Å². The van der Waals surface area contributed by atoms with Crippen LogP contribution in [0.5, 0.6) is 0 Å². The van der Waals surface area contributed by atoms with Crippen LogP contribution in [0.15, 0.2) is 24.3 Å². The number of carbonyl (C=O) groups is 2. The number of hydrogen-bond donors (Lipinski definition) is 3. The lowest BCUT2D eigenvalue weighted by Crippen LogP contribution is -2.59. The van der Waals surface area contributed by atoms with E-state index in [4.69, 9.17) is 4.74 Å². The maximum atomic E-state index is 13.7. The molecule has 2 saturated heterocycles. The van der Waals surface area contributed by atoms with E-state index >= 15 is 0 Å². The van der Waals surface area contributed by atoms with Gasteiger partial charge in [-0.3, -0.25) is 9.59 Å². The van der Waals surface area contributed by atoms with Crippen LogP contribution in [0, 0.1) is 29.1 Å². The summed E-state index contributed by atoms with van der Waals surface area (Å²) < 4.78 is 5.80. The van der Waals surface area contributed by atoms with Crippen LogP contribution in [-0.4, -0.2) is 51.9 Å². The van der Waals surface area contributed by atoms with Gasteiger partial charge in [0.2, 0.25) is 5.91 Å². The van der Waals surface area contributed by atoms with Crippen LogP contribution in [0.2, 0.25) is 0 Å². The van der Waals surface area contributed by atoms with Crippen LogP contribution in [0.1, 0.15) is 40.5 Å². The molecule has 6 nitrogen and oxygen atoms in total. The topological polar surface area (TPSA) is 99.2 Å². The monoisotopic (exact) mass is 389 g/mol. The molecule has 2 heterocycles. The number of rotatable bonds is 0. The van der Waals surface area contributed by atoms with E-state index in [0.717, 1.165) is 0 Å². The number of amides is 1. The summed E-state index contributed by atoms with van der Waals surface area (Å²) in [5.74, 6) is -1.69. The van der Waals surface area contributed by atoms with Gasteiger partial charge in [0.15, 0.2) is 5.78 Å². The second-order valence-corrected chi connectivity index (χ2v) is 9.50. The Morgan fingerprint density at radius 3 is 2.61 bits per heavy atom. The molecule has 2 aliphatic carbocycles. The molecule has 1 spiro atoms. The van der Waals surface area contributed by atoms with Crippen molar-refractivity contribution in [1.82, 2.24) is 5.32 Å². The molecule has 2 aliphatic heterocycles. The van der Waals surface area contributed by atoms with E-state index in [2.05, 4.69) is 11.9 Å². The lowest BCUT2D eigenvalue weighted by molar-refractivity contribution is -0.153. The zero-order valence-electron chi connectivity index (χ0n) is 17.0. The summed E-state index contributed by atoms with van der Waals surface area (Å²) in [7, 11) is 0. The number of fused-ring (bicyclic) bond motifs is 1. The number of ether oxygens (including phenoxy) is 1. The Balaban J connectivity index is 1.86. The van der Waals surface area contributed by atoms with Gasteiger partial charge in [0.05, 0.1) is 18.3 Å². The summed E-state index contributed by atoms with van der Waals surface area (Å²) >= 11 is 0. The zero-order valence-corrected chi connectivity index (χ0v) is 17.0. The fourth-order valence-corrected chi connectivity index (χ4v) is 6.20. The van der Waals surface area contributed by atoms with Crippen LogP contribution in [0.4, 0.5) is 0 Å². The van der Waals surface area contributed by atoms with E-state index in [1.54, 1.807) is 0 Å². The number of nitrogens with one attached hydrogen (secondary N) is 1. The average molecular weight is 389 g/mol. The molecular formula is C22H31NO5. The summed E-state index contributed by atoms with van der Waals surface area (Å²) in [5, 5.41) is 24.8. The predicted molar refractivity (Wildman–Crippen MR) is 103 cm³/mol. The molecule has 1 saturated carbocycles. The standard InChI is InChI=1S/C22H31NO5/c1-10-7-6-8-14-18(26)12(3)11(2)17-13(4)23-20(27)22(14,17)16(25)9-15(24)21(5)19(10)28-21/h6,8,10-11,13-15,17-19,24,26H,3,7,9H2,1-2,4-5H3,(H,23,27). The molecular weight excluding hydrogens is 358 g/mol. The maximum absolute atomic E-state index is 13.7. The summed E-state index contributed by atoms with van der Waals surface area (Å²) in [6.45, 7) is 11.8. The molecule has 3 fully saturated rings. The number of ketones is 1. The van der Waals surface area contributed by atoms with Crippen LogP contribution < -0.4 is 5.32 Å². The SMILES string of the molecule is C=C1C(C)C2C(C)NC(=O)C23C(=O)CC(O)C2(C)OC2C(C)CC=CC3C1O. The van der Waals surface area contributed by atoms with Gasteiger partial charge in [-0.25, -0.2) is 0 Å². The summed E-state index contributed by atoms with van der Waals surface area (Å²) in [6.07, 6.45) is 2.22. The molecule has 1 amide bonds. The molecule has 0 aromatic carbocycles. The molecule has 3 N–H and O–H groups in total. The zero-order chi connectivity index (χ0) is 20.6. The number of hydrogen-bond acceptors (Lipinski definition) is 5. The number of allylic oxidation sites excluding steroid dienone is 1. The third-order valence-corrected chi connectivity index (χ3v) is 7.93. The fraction of sp³-hybridized carbons (Fsp3) is 0.727. The smallest absolute Gasteiger partial charge is 0.235 e. The minimum atomic E-state index is -1.40. The summed E-state index contributed by atoms with van der Waals surface area (Å²) in [6, 6.07) is -0.215. The lowest BCUT2D eigenvalue weighted by atomic mass is 9.52. The van der Waals surface area contributed by atoms with E-state index in [9.17, 15) is 19.8 Å². The molecule has 154 valence electrons. The van der Waals surface area contributed by atoms with E-state index in [0.29, 0.717) is 12.0 Å². The van der Waals surface area contributed by atoms with Gasteiger partial charge in [-0.05, 0) is 37.7 Å². The largest absolute Gasteiger partial charge is 0.390 e. The Labute approximate surface area is 166 Å². The average Bonchev–Trinajstić information content (AvgIpc) is 3.25. The Bertz CT molecular complexity index is 762. The number of aliphatic hydroxyl groups is 2. The first-order valence-corrected chi connectivity index (χ1v) is 10.3. The van der Waals surface area contributed by atoms with E-state index < -0.39 is 29.1 Å². The first-order valence-electron chi connectivity index (χ1n) is 10.3. The number of epoxide rings is 1. The van der Waals surface area contributed by atoms with E-state index in [1.165, 1.54) is 0 Å². The van der Waals surface area contributed by atoms with Crippen molar-refractivity contribution >= 4 is 11.7 Å². The number of aliphatic hydroxyl groups excluding tert-OH is 2. The highest BCUT2D eigenvalue weighted by molar-refractivity contribution is 6.09. The van der Waals surface area contributed by atoms with Crippen molar-refractivity contribution in [3.05, 3.63) is 24.3 Å². The number of Topliss-reactive ketones (excluding diaryl/α,β-unsaturated/α-hetero) is 1. The minimum absolute atomic E-state index is 0.122. The van der Waals surface area contributed by atoms with Gasteiger partial charge < -0.3 is 20.3 Å². The molecule has 4 rings (SSSR count). The quantitative estimate of drug-likeness (QED) is 0.330. The van der Waals surface area contributed by atoms with Crippen molar-refractivity contribution in [3.8, 4) is 0 Å². The second kappa shape index (κ2) is 6.25. The van der Waals surface area contributed by atoms with Gasteiger partial charge in [0, 0.05) is 24.3 Å². The first-order chi connectivity index (χ1) is 13.1. The Kier molecular flexibility index (Phi) is 4.42. The van der Waals surface area contributed by atoms with Crippen molar-refractivity contribution in [2.45, 2.75) is 70.5 Å². The van der Waals surface area contributed by atoms with Gasteiger partial charge >= 0.3 is 0 Å². The van der Waals surface area contributed by atoms with Gasteiger partial charge in [0.1, 0.15) is 11.0 Å². The molecule has 10 atom stereocenters. The van der Waals surface area contributed by atoms with Crippen LogP contribution in [-0.2, 0) is 14.3 Å². The highest BCUT2D eigenvalue weighted by Gasteiger charge is 2.69. The predicted octanol–water partition coefficient (Wildman–Crippen LogP) is 1.36. The fourth-order valence-electron chi connectivity index (χ4n) is 6.20.